The first-order chi connectivity index (χ1) is 21.8. The summed E-state index contributed by atoms with van der Waals surface area (Å²) in [6, 6.07) is 21.4. The Bertz CT molecular complexity index is 1750. The summed E-state index contributed by atoms with van der Waals surface area (Å²) in [5.41, 5.74) is 2.18. The smallest absolute Gasteiger partial charge is 0.264 e. The molecule has 0 atom stereocenters. The van der Waals surface area contributed by atoms with Crippen molar-refractivity contribution in [2.45, 2.75) is 23.6 Å². The molecule has 0 spiro atoms. The van der Waals surface area contributed by atoms with Crippen LogP contribution in [0.2, 0.25) is 0 Å². The van der Waals surface area contributed by atoms with Crippen LogP contribution in [0.4, 0.5) is 20.2 Å². The van der Waals surface area contributed by atoms with E-state index in [4.69, 9.17) is 0 Å². The minimum Gasteiger partial charge on any atom is -0.353 e. The quantitative estimate of drug-likeness (QED) is 0.208. The summed E-state index contributed by atoms with van der Waals surface area (Å²) < 4.78 is 82.4. The zero-order chi connectivity index (χ0) is 33.5. The molecular weight excluding hydrogens is 639 g/mol. The fourth-order valence-corrected chi connectivity index (χ4v) is 7.14. The van der Waals surface area contributed by atoms with Crippen LogP contribution in [0.1, 0.15) is 11.1 Å². The highest BCUT2D eigenvalue weighted by Crippen LogP contribution is 2.25. The van der Waals surface area contributed by atoms with Gasteiger partial charge in [-0.05, 0) is 86.6 Å². The predicted octanol–water partition coefficient (Wildman–Crippen LogP) is 3.90. The maximum absolute atomic E-state index is 13.5. The van der Waals surface area contributed by atoms with Crippen molar-refractivity contribution in [2.24, 2.45) is 0 Å². The molecule has 4 aromatic carbocycles. The summed E-state index contributed by atoms with van der Waals surface area (Å²) in [5.74, 6) is -2.59. The molecule has 0 aliphatic carbocycles. The summed E-state index contributed by atoms with van der Waals surface area (Å²) in [4.78, 5) is 25.3. The molecular formula is C32H32F2N4O6S2. The second-order valence-corrected chi connectivity index (χ2v) is 14.0. The first-order valence-corrected chi connectivity index (χ1v) is 16.9. The minimum absolute atomic E-state index is 0.0991. The number of halogens is 2. The molecule has 0 unspecified atom stereocenters. The number of anilines is 2. The van der Waals surface area contributed by atoms with E-state index in [1.165, 1.54) is 0 Å². The average molecular weight is 671 g/mol. The Labute approximate surface area is 266 Å². The first-order valence-electron chi connectivity index (χ1n) is 14.0. The van der Waals surface area contributed by atoms with E-state index < -0.39 is 56.6 Å². The fourth-order valence-electron chi connectivity index (χ4n) is 4.30. The number of hydrogen-bond acceptors (Lipinski definition) is 6. The zero-order valence-electron chi connectivity index (χ0n) is 25.0. The van der Waals surface area contributed by atoms with E-state index in [9.17, 15) is 35.2 Å². The van der Waals surface area contributed by atoms with Crippen molar-refractivity contribution in [2.75, 3.05) is 34.8 Å². The molecule has 0 fully saturated rings. The van der Waals surface area contributed by atoms with Gasteiger partial charge in [-0.1, -0.05) is 35.4 Å². The fraction of sp³-hybridized carbons (Fsp3) is 0.188. The number of sulfonamides is 2. The van der Waals surface area contributed by atoms with Crippen molar-refractivity contribution in [3.63, 3.8) is 0 Å². The number of amides is 2. The second-order valence-electron chi connectivity index (χ2n) is 10.3. The molecule has 2 amide bonds. The van der Waals surface area contributed by atoms with Gasteiger partial charge < -0.3 is 10.6 Å². The Kier molecular flexibility index (Phi) is 10.7. The summed E-state index contributed by atoms with van der Waals surface area (Å²) in [5, 5.41) is 5.10. The van der Waals surface area contributed by atoms with E-state index in [2.05, 4.69) is 10.6 Å². The minimum atomic E-state index is -4.25. The average Bonchev–Trinajstić information content (AvgIpc) is 3.02. The summed E-state index contributed by atoms with van der Waals surface area (Å²) >= 11 is 0. The molecule has 0 bridgehead atoms. The van der Waals surface area contributed by atoms with E-state index in [0.29, 0.717) is 0 Å². The van der Waals surface area contributed by atoms with E-state index in [0.717, 1.165) is 68.3 Å². The van der Waals surface area contributed by atoms with Crippen molar-refractivity contribution in [3.05, 3.63) is 120 Å². The van der Waals surface area contributed by atoms with Gasteiger partial charge in [0, 0.05) is 13.1 Å². The lowest BCUT2D eigenvalue weighted by Gasteiger charge is -2.25. The van der Waals surface area contributed by atoms with Crippen LogP contribution in [-0.4, -0.2) is 54.8 Å². The third-order valence-electron chi connectivity index (χ3n) is 6.79. The molecule has 4 aromatic rings. The number of carbonyl (C=O) groups is 2. The topological polar surface area (TPSA) is 133 Å². The SMILES string of the molecule is Cc1ccc(N(CC(=O)NCCNC(=O)CN(c2ccc(C)cc2)S(=O)(=O)c2ccc(F)cc2)S(=O)(=O)c2ccc(F)cc2)cc1. The predicted molar refractivity (Wildman–Crippen MR) is 170 cm³/mol. The molecule has 0 saturated carbocycles. The van der Waals surface area contributed by atoms with Gasteiger partial charge in [-0.25, -0.2) is 25.6 Å². The monoisotopic (exact) mass is 670 g/mol. The van der Waals surface area contributed by atoms with Gasteiger partial charge in [-0.3, -0.25) is 18.2 Å². The van der Waals surface area contributed by atoms with Crippen molar-refractivity contribution in [1.82, 2.24) is 10.6 Å². The molecule has 0 radical (unpaired) electrons. The van der Waals surface area contributed by atoms with Crippen LogP contribution in [0.3, 0.4) is 0 Å². The normalized spacial score (nSPS) is 11.5. The van der Waals surface area contributed by atoms with Gasteiger partial charge in [-0.2, -0.15) is 0 Å². The highest BCUT2D eigenvalue weighted by molar-refractivity contribution is 7.93. The molecule has 0 aliphatic heterocycles. The Balaban J connectivity index is 1.41. The number of aryl methyl sites for hydroxylation is 2. The molecule has 2 N–H and O–H groups in total. The van der Waals surface area contributed by atoms with Crippen molar-refractivity contribution in [3.8, 4) is 0 Å². The van der Waals surface area contributed by atoms with Crippen molar-refractivity contribution >= 4 is 43.2 Å². The van der Waals surface area contributed by atoms with Crippen LogP contribution in [0.5, 0.6) is 0 Å². The summed E-state index contributed by atoms with van der Waals surface area (Å²) in [6.07, 6.45) is 0. The van der Waals surface area contributed by atoms with Gasteiger partial charge in [0.25, 0.3) is 20.0 Å². The maximum atomic E-state index is 13.5. The summed E-state index contributed by atoms with van der Waals surface area (Å²) in [6.45, 7) is 2.24. The molecule has 10 nitrogen and oxygen atoms in total. The lowest BCUT2D eigenvalue weighted by Crippen LogP contribution is -2.45. The van der Waals surface area contributed by atoms with Crippen LogP contribution in [-0.2, 0) is 29.6 Å². The molecule has 0 heterocycles. The number of nitrogens with zero attached hydrogens (tertiary/aromatic N) is 2. The van der Waals surface area contributed by atoms with Gasteiger partial charge in [0.15, 0.2) is 0 Å². The molecule has 4 rings (SSSR count). The van der Waals surface area contributed by atoms with Crippen LogP contribution in [0.25, 0.3) is 0 Å². The van der Waals surface area contributed by atoms with Crippen LogP contribution < -0.4 is 19.2 Å². The highest BCUT2D eigenvalue weighted by atomic mass is 32.2. The Hall–Kier alpha value is -4.82. The lowest BCUT2D eigenvalue weighted by molar-refractivity contribution is -0.121. The van der Waals surface area contributed by atoms with Gasteiger partial charge in [0.1, 0.15) is 24.7 Å². The van der Waals surface area contributed by atoms with E-state index in [-0.39, 0.29) is 34.3 Å². The Morgan fingerprint density at radius 2 is 0.848 bits per heavy atom. The number of rotatable bonds is 13. The standard InChI is InChI=1S/C32H32F2N4O6S2/c1-23-3-11-27(12-4-23)37(45(41,42)29-15-7-25(33)8-16-29)21-31(39)35-19-20-36-32(40)22-38(28-13-5-24(2)6-14-28)46(43,44)30-17-9-26(34)10-18-30/h3-18H,19-22H2,1-2H3,(H,35,39)(H,36,40). The number of nitrogens with one attached hydrogen (secondary N) is 2. The zero-order valence-corrected chi connectivity index (χ0v) is 26.6. The number of carbonyl (C=O) groups excluding carboxylic acids is 2. The molecule has 0 aromatic heterocycles. The molecule has 14 heteroatoms. The lowest BCUT2D eigenvalue weighted by atomic mass is 10.2. The van der Waals surface area contributed by atoms with Crippen molar-refractivity contribution < 1.29 is 35.2 Å². The van der Waals surface area contributed by atoms with Gasteiger partial charge in [-0.15, -0.1) is 0 Å². The van der Waals surface area contributed by atoms with E-state index in [1.807, 2.05) is 13.8 Å². The van der Waals surface area contributed by atoms with Crippen LogP contribution in [0.15, 0.2) is 107 Å². The van der Waals surface area contributed by atoms with E-state index >= 15 is 0 Å². The molecule has 0 aliphatic rings. The summed E-state index contributed by atoms with van der Waals surface area (Å²) in [7, 11) is -8.50. The van der Waals surface area contributed by atoms with Crippen LogP contribution >= 0.6 is 0 Å². The van der Waals surface area contributed by atoms with E-state index in [1.54, 1.807) is 48.5 Å². The maximum Gasteiger partial charge on any atom is 0.264 e. The Morgan fingerprint density at radius 3 is 1.15 bits per heavy atom. The van der Waals surface area contributed by atoms with Crippen LogP contribution in [0, 0.1) is 25.5 Å². The molecule has 46 heavy (non-hydrogen) atoms. The van der Waals surface area contributed by atoms with Gasteiger partial charge in [0.05, 0.1) is 21.2 Å². The number of hydrogen-bond donors (Lipinski definition) is 2. The van der Waals surface area contributed by atoms with Crippen molar-refractivity contribution in [1.29, 1.82) is 0 Å². The molecule has 242 valence electrons. The number of benzene rings is 4. The third kappa shape index (κ3) is 8.46. The van der Waals surface area contributed by atoms with Gasteiger partial charge in [0.2, 0.25) is 11.8 Å². The first kappa shape index (κ1) is 34.1. The largest absolute Gasteiger partial charge is 0.353 e. The third-order valence-corrected chi connectivity index (χ3v) is 10.4. The van der Waals surface area contributed by atoms with Gasteiger partial charge >= 0.3 is 0 Å². The highest BCUT2D eigenvalue weighted by Gasteiger charge is 2.29. The second kappa shape index (κ2) is 14.5. The molecule has 0 saturated heterocycles. The Morgan fingerprint density at radius 1 is 0.543 bits per heavy atom.